The van der Waals surface area contributed by atoms with E-state index in [0.717, 1.165) is 30.0 Å². The molecular weight excluding hydrogens is 639 g/mol. The van der Waals surface area contributed by atoms with Gasteiger partial charge in [-0.3, -0.25) is 15.0 Å². The topological polar surface area (TPSA) is 144 Å². The van der Waals surface area contributed by atoms with Gasteiger partial charge in [-0.1, -0.05) is 6.07 Å². The number of nitrogens with one attached hydrogen (secondary N) is 1. The summed E-state index contributed by atoms with van der Waals surface area (Å²) in [4.78, 5) is 23.4. The minimum atomic E-state index is -4.66. The third kappa shape index (κ3) is 6.53. The maximum atomic E-state index is 14.5. The van der Waals surface area contributed by atoms with Crippen LogP contribution < -0.4 is 4.74 Å². The number of fused-ring (bicyclic) bond motifs is 1. The first-order valence-electron chi connectivity index (χ1n) is 15.2. The summed E-state index contributed by atoms with van der Waals surface area (Å²) in [6.45, 7) is 2.81. The average Bonchev–Trinajstić information content (AvgIpc) is 3.68. The number of imidazole rings is 1. The van der Waals surface area contributed by atoms with Crippen LogP contribution in [0.3, 0.4) is 0 Å². The highest BCUT2D eigenvalue weighted by Crippen LogP contribution is 2.31. The van der Waals surface area contributed by atoms with Crippen LogP contribution in [0.2, 0.25) is 0 Å². The van der Waals surface area contributed by atoms with Crippen molar-refractivity contribution in [1.82, 2.24) is 44.6 Å². The van der Waals surface area contributed by atoms with Crippen LogP contribution in [-0.4, -0.2) is 70.4 Å². The van der Waals surface area contributed by atoms with E-state index in [1.54, 1.807) is 12.3 Å². The molecule has 12 nitrogen and oxygen atoms in total. The molecule has 0 aliphatic carbocycles. The van der Waals surface area contributed by atoms with Crippen molar-refractivity contribution in [3.63, 3.8) is 0 Å². The first-order valence-corrected chi connectivity index (χ1v) is 15.2. The van der Waals surface area contributed by atoms with E-state index in [2.05, 4.69) is 29.9 Å². The van der Waals surface area contributed by atoms with Crippen LogP contribution in [-0.2, 0) is 30.6 Å². The molecule has 6 heterocycles. The van der Waals surface area contributed by atoms with Crippen molar-refractivity contribution in [2.45, 2.75) is 57.2 Å². The lowest BCUT2D eigenvalue weighted by Crippen LogP contribution is -2.35. The third-order valence-corrected chi connectivity index (χ3v) is 8.47. The molecule has 0 spiro atoms. The lowest BCUT2D eigenvalue weighted by molar-refractivity contribution is -0.144. The smallest absolute Gasteiger partial charge is 0.451 e. The summed E-state index contributed by atoms with van der Waals surface area (Å²) in [7, 11) is 0. The molecule has 48 heavy (non-hydrogen) atoms. The number of likely N-dealkylation sites (tertiary alicyclic amines) is 1. The number of aromatic amines is 1. The Kier molecular flexibility index (Phi) is 8.43. The summed E-state index contributed by atoms with van der Waals surface area (Å²) in [6.07, 6.45) is 0.242. The molecule has 248 valence electrons. The van der Waals surface area contributed by atoms with Gasteiger partial charge in [-0.25, -0.2) is 19.3 Å². The number of nitriles is 1. The molecule has 0 amide bonds. The Bertz CT molecular complexity index is 1990. The summed E-state index contributed by atoms with van der Waals surface area (Å²) in [5.41, 5.74) is 1.77. The fraction of sp³-hybridized carbons (Fsp3) is 0.387. The number of alkyl halides is 3. The molecule has 7 rings (SSSR count). The second kappa shape index (κ2) is 12.8. The molecular formula is C31H27F5N10O2. The molecule has 2 saturated heterocycles. The van der Waals surface area contributed by atoms with Gasteiger partial charge in [-0.15, -0.1) is 0 Å². The number of benzene rings is 1. The van der Waals surface area contributed by atoms with Gasteiger partial charge in [0.05, 0.1) is 54.3 Å². The van der Waals surface area contributed by atoms with Gasteiger partial charge in [-0.05, 0) is 50.6 Å². The minimum absolute atomic E-state index is 0.0226. The van der Waals surface area contributed by atoms with Gasteiger partial charge in [0, 0.05) is 18.1 Å². The Balaban J connectivity index is 1.04. The van der Waals surface area contributed by atoms with Gasteiger partial charge < -0.3 is 14.0 Å². The van der Waals surface area contributed by atoms with Gasteiger partial charge in [0.1, 0.15) is 29.8 Å². The molecule has 1 aromatic carbocycles. The Labute approximate surface area is 269 Å². The monoisotopic (exact) mass is 666 g/mol. The molecule has 5 aromatic rings. The fourth-order valence-corrected chi connectivity index (χ4v) is 5.75. The predicted octanol–water partition coefficient (Wildman–Crippen LogP) is 4.92. The van der Waals surface area contributed by atoms with Crippen LogP contribution in [0.5, 0.6) is 5.88 Å². The van der Waals surface area contributed by atoms with E-state index in [1.165, 1.54) is 12.1 Å². The summed E-state index contributed by atoms with van der Waals surface area (Å²) in [5, 5.41) is 14.5. The lowest BCUT2D eigenvalue weighted by Gasteiger charge is -2.32. The number of hydrogen-bond acceptors (Lipinski definition) is 10. The van der Waals surface area contributed by atoms with Crippen LogP contribution in [0.4, 0.5) is 22.0 Å². The largest absolute Gasteiger partial charge is 0.471 e. The third-order valence-electron chi connectivity index (χ3n) is 8.47. The zero-order chi connectivity index (χ0) is 33.4. The second-order valence-corrected chi connectivity index (χ2v) is 11.6. The van der Waals surface area contributed by atoms with Gasteiger partial charge >= 0.3 is 6.18 Å². The van der Waals surface area contributed by atoms with E-state index in [0.29, 0.717) is 57.0 Å². The van der Waals surface area contributed by atoms with Crippen molar-refractivity contribution < 1.29 is 31.4 Å². The van der Waals surface area contributed by atoms with Crippen molar-refractivity contribution in [2.24, 2.45) is 0 Å². The van der Waals surface area contributed by atoms with Gasteiger partial charge in [-0.2, -0.15) is 32.9 Å². The summed E-state index contributed by atoms with van der Waals surface area (Å²) in [5.74, 6) is -1.92. The molecule has 2 aliphatic heterocycles. The highest BCUT2D eigenvalue weighted by atomic mass is 19.4. The number of rotatable bonds is 9. The average molecular weight is 667 g/mol. The standard InChI is InChI=1S/C31H27F5N10O2/c32-21-9-17(11-37)1-2-19(21)16-48-29-22(33)12-39-27(41-29)18-3-6-45(7-4-18)15-26-40-23-10-24(28-42-30(44-43-28)31(34,35)36)38-13-25(23)46(26)14-20-5-8-47-20/h1-2,9-10,12-13,18,20H,3-8,14-16H2,(H,42,43,44)/t20-/m0/s1. The van der Waals surface area contributed by atoms with Crippen molar-refractivity contribution in [2.75, 3.05) is 19.7 Å². The Hall–Kier alpha value is -5.08. The van der Waals surface area contributed by atoms with Gasteiger partial charge in [0.15, 0.2) is 5.82 Å². The van der Waals surface area contributed by atoms with Crippen LogP contribution in [0.1, 0.15) is 53.8 Å². The van der Waals surface area contributed by atoms with Gasteiger partial charge in [0.25, 0.3) is 5.88 Å². The quantitative estimate of drug-likeness (QED) is 0.215. The number of piperidine rings is 1. The fourth-order valence-electron chi connectivity index (χ4n) is 5.75. The molecule has 1 N–H and O–H groups in total. The van der Waals surface area contributed by atoms with E-state index in [-0.39, 0.29) is 47.2 Å². The molecule has 0 unspecified atom stereocenters. The van der Waals surface area contributed by atoms with Crippen LogP contribution >= 0.6 is 0 Å². The molecule has 2 fully saturated rings. The zero-order valence-corrected chi connectivity index (χ0v) is 25.2. The van der Waals surface area contributed by atoms with Crippen LogP contribution in [0, 0.1) is 23.0 Å². The summed E-state index contributed by atoms with van der Waals surface area (Å²) in [6, 6.07) is 7.39. The zero-order valence-electron chi connectivity index (χ0n) is 25.2. The van der Waals surface area contributed by atoms with Crippen LogP contribution in [0.15, 0.2) is 36.7 Å². The molecule has 0 saturated carbocycles. The first kappa shape index (κ1) is 31.5. The molecule has 17 heteroatoms. The molecule has 1 atom stereocenters. The number of H-pyrrole nitrogens is 1. The van der Waals surface area contributed by atoms with E-state index >= 15 is 0 Å². The number of nitrogens with zero attached hydrogens (tertiary/aromatic N) is 9. The highest BCUT2D eigenvalue weighted by Gasteiger charge is 2.35. The molecule has 2 aliphatic rings. The molecule has 4 aromatic heterocycles. The van der Waals surface area contributed by atoms with Crippen molar-refractivity contribution >= 4 is 11.0 Å². The predicted molar refractivity (Wildman–Crippen MR) is 157 cm³/mol. The Morgan fingerprint density at radius 1 is 1.02 bits per heavy atom. The summed E-state index contributed by atoms with van der Waals surface area (Å²) < 4.78 is 81.2. The van der Waals surface area contributed by atoms with E-state index in [1.807, 2.05) is 15.7 Å². The Morgan fingerprint density at radius 2 is 1.83 bits per heavy atom. The highest BCUT2D eigenvalue weighted by molar-refractivity contribution is 5.78. The normalized spacial score (nSPS) is 17.4. The Morgan fingerprint density at radius 3 is 2.52 bits per heavy atom. The lowest BCUT2D eigenvalue weighted by atomic mass is 9.96. The van der Waals surface area contributed by atoms with E-state index < -0.39 is 23.6 Å². The van der Waals surface area contributed by atoms with E-state index in [9.17, 15) is 22.0 Å². The van der Waals surface area contributed by atoms with E-state index in [4.69, 9.17) is 19.7 Å². The number of hydrogen-bond donors (Lipinski definition) is 1. The maximum absolute atomic E-state index is 14.5. The number of aromatic nitrogens is 8. The SMILES string of the molecule is N#Cc1ccc(COc2nc(C3CCN(Cc4nc5cc(-c6n[nH]c(C(F)(F)F)n6)ncc5n4C[C@@H]4CCO4)CC3)ncc2F)c(F)c1. The van der Waals surface area contributed by atoms with Crippen molar-refractivity contribution in [3.8, 4) is 23.5 Å². The minimum Gasteiger partial charge on any atom is -0.471 e. The van der Waals surface area contributed by atoms with Gasteiger partial charge in [0.2, 0.25) is 11.6 Å². The number of halogens is 5. The van der Waals surface area contributed by atoms with Crippen LogP contribution in [0.25, 0.3) is 22.6 Å². The van der Waals surface area contributed by atoms with Crippen molar-refractivity contribution in [1.29, 1.82) is 5.26 Å². The number of ether oxygens (including phenoxy) is 2. The number of pyridine rings is 1. The summed E-state index contributed by atoms with van der Waals surface area (Å²) >= 11 is 0. The first-order chi connectivity index (χ1) is 23.1. The van der Waals surface area contributed by atoms with Crippen molar-refractivity contribution in [3.05, 3.63) is 76.9 Å². The molecule has 0 bridgehead atoms. The maximum Gasteiger partial charge on any atom is 0.451 e. The second-order valence-electron chi connectivity index (χ2n) is 11.6. The molecule has 0 radical (unpaired) electrons.